The molecule has 23 heavy (non-hydrogen) atoms. The molecule has 1 saturated carbocycles. The topological polar surface area (TPSA) is 52.6 Å². The maximum Gasteiger partial charge on any atom is 0.191 e. The van der Waals surface area contributed by atoms with Crippen molar-refractivity contribution >= 4 is 41.3 Å². The normalized spacial score (nSPS) is 25.3. The minimum Gasteiger partial charge on any atom is -0.357 e. The number of guanidine groups is 1. The number of thiazole rings is 1. The van der Waals surface area contributed by atoms with E-state index in [0.29, 0.717) is 18.5 Å². The molecule has 3 rings (SSSR count). The van der Waals surface area contributed by atoms with Crippen molar-refractivity contribution in [1.82, 2.24) is 20.5 Å². The van der Waals surface area contributed by atoms with Crippen molar-refractivity contribution in [3.05, 3.63) is 16.1 Å². The molecule has 0 radical (unpaired) electrons. The quantitative estimate of drug-likeness (QED) is 0.412. The number of aromatic nitrogens is 1. The maximum atomic E-state index is 4.73. The van der Waals surface area contributed by atoms with Gasteiger partial charge in [0.05, 0.1) is 11.6 Å². The van der Waals surface area contributed by atoms with Crippen LogP contribution in [-0.4, -0.2) is 47.6 Å². The maximum absolute atomic E-state index is 4.73. The summed E-state index contributed by atoms with van der Waals surface area (Å²) in [4.78, 5) is 12.9. The van der Waals surface area contributed by atoms with Crippen LogP contribution in [0.2, 0.25) is 0 Å². The summed E-state index contributed by atoms with van der Waals surface area (Å²) in [5, 5.41) is 8.11. The minimum absolute atomic E-state index is 0. The van der Waals surface area contributed by atoms with Crippen molar-refractivity contribution in [3.8, 4) is 0 Å². The smallest absolute Gasteiger partial charge is 0.191 e. The highest BCUT2D eigenvalue weighted by Crippen LogP contribution is 2.31. The van der Waals surface area contributed by atoms with Gasteiger partial charge >= 0.3 is 0 Å². The number of aryl methyl sites for hydroxylation is 1. The van der Waals surface area contributed by atoms with Crippen LogP contribution in [0.3, 0.4) is 0 Å². The second-order valence-corrected chi connectivity index (χ2v) is 7.77. The molecule has 7 heteroatoms. The highest BCUT2D eigenvalue weighted by Gasteiger charge is 2.38. The Hall–Kier alpha value is -0.410. The zero-order chi connectivity index (χ0) is 15.5. The summed E-state index contributed by atoms with van der Waals surface area (Å²) in [5.41, 5.74) is 0. The molecule has 0 bridgehead atoms. The van der Waals surface area contributed by atoms with E-state index < -0.39 is 0 Å². The predicted molar refractivity (Wildman–Crippen MR) is 108 cm³/mol. The molecular formula is C16H28IN5S. The predicted octanol–water partition coefficient (Wildman–Crippen LogP) is 2.61. The van der Waals surface area contributed by atoms with Crippen LogP contribution >= 0.6 is 35.3 Å². The standard InChI is InChI=1S/C16H27N5S.HI/c1-4-17-16(19-8-14-7-18-12(3)22-14)20-15-10-21(9-11(15)2)13-5-6-13;/h7,11,13,15H,4-6,8-10H2,1-3H3,(H2,17,19,20);1H. The molecule has 130 valence electrons. The van der Waals surface area contributed by atoms with Crippen molar-refractivity contribution in [3.63, 3.8) is 0 Å². The van der Waals surface area contributed by atoms with Crippen LogP contribution < -0.4 is 10.6 Å². The third-order valence-corrected chi connectivity index (χ3v) is 5.33. The van der Waals surface area contributed by atoms with Crippen molar-refractivity contribution in [2.75, 3.05) is 19.6 Å². The molecule has 1 aromatic rings. The fraction of sp³-hybridized carbons (Fsp3) is 0.750. The van der Waals surface area contributed by atoms with Gasteiger partial charge in [-0.3, -0.25) is 4.90 Å². The average Bonchev–Trinajstić information content (AvgIpc) is 3.16. The first-order valence-corrected chi connectivity index (χ1v) is 9.17. The Kier molecular flexibility index (Phi) is 7.09. The van der Waals surface area contributed by atoms with Gasteiger partial charge in [0.15, 0.2) is 5.96 Å². The SMILES string of the molecule is CCNC(=NCc1cnc(C)s1)NC1CN(C2CC2)CC1C.I. The van der Waals surface area contributed by atoms with Crippen LogP contribution in [0, 0.1) is 12.8 Å². The van der Waals surface area contributed by atoms with Crippen LogP contribution in [0.4, 0.5) is 0 Å². The van der Waals surface area contributed by atoms with Gasteiger partial charge in [-0.05, 0) is 32.6 Å². The van der Waals surface area contributed by atoms with Crippen molar-refractivity contribution in [2.45, 2.75) is 52.2 Å². The van der Waals surface area contributed by atoms with Gasteiger partial charge in [0.1, 0.15) is 0 Å². The zero-order valence-corrected chi connectivity index (χ0v) is 17.4. The molecule has 2 heterocycles. The Morgan fingerprint density at radius 2 is 2.22 bits per heavy atom. The molecule has 1 aromatic heterocycles. The average molecular weight is 449 g/mol. The van der Waals surface area contributed by atoms with Crippen molar-refractivity contribution in [1.29, 1.82) is 0 Å². The molecule has 2 fully saturated rings. The molecule has 0 amide bonds. The molecule has 0 aromatic carbocycles. The lowest BCUT2D eigenvalue weighted by Gasteiger charge is -2.20. The lowest BCUT2D eigenvalue weighted by Crippen LogP contribution is -2.46. The lowest BCUT2D eigenvalue weighted by molar-refractivity contribution is 0.315. The Bertz CT molecular complexity index is 528. The molecule has 2 atom stereocenters. The number of hydrogen-bond donors (Lipinski definition) is 2. The molecule has 1 aliphatic heterocycles. The molecule has 2 N–H and O–H groups in total. The van der Waals surface area contributed by atoms with E-state index in [4.69, 9.17) is 4.99 Å². The number of hydrogen-bond acceptors (Lipinski definition) is 4. The van der Waals surface area contributed by atoms with Crippen molar-refractivity contribution < 1.29 is 0 Å². The Morgan fingerprint density at radius 3 is 2.83 bits per heavy atom. The Labute approximate surface area is 160 Å². The monoisotopic (exact) mass is 449 g/mol. The summed E-state index contributed by atoms with van der Waals surface area (Å²) in [6, 6.07) is 1.36. The van der Waals surface area contributed by atoms with Gasteiger partial charge in [0.25, 0.3) is 0 Å². The lowest BCUT2D eigenvalue weighted by atomic mass is 10.1. The number of nitrogens with one attached hydrogen (secondary N) is 2. The number of halogens is 1. The fourth-order valence-electron chi connectivity index (χ4n) is 3.06. The van der Waals surface area contributed by atoms with Crippen LogP contribution in [0.25, 0.3) is 0 Å². The van der Waals surface area contributed by atoms with Gasteiger partial charge in [-0.1, -0.05) is 6.92 Å². The second-order valence-electron chi connectivity index (χ2n) is 6.45. The highest BCUT2D eigenvalue weighted by molar-refractivity contribution is 14.0. The van der Waals surface area contributed by atoms with Gasteiger partial charge < -0.3 is 10.6 Å². The van der Waals surface area contributed by atoms with Crippen LogP contribution in [0.1, 0.15) is 36.6 Å². The van der Waals surface area contributed by atoms with E-state index in [1.165, 1.54) is 24.3 Å². The molecular weight excluding hydrogens is 421 g/mol. The van der Waals surface area contributed by atoms with Gasteiger partial charge in [0.2, 0.25) is 0 Å². The zero-order valence-electron chi connectivity index (χ0n) is 14.2. The third kappa shape index (κ3) is 5.29. The van der Waals surface area contributed by atoms with E-state index in [1.54, 1.807) is 11.3 Å². The Morgan fingerprint density at radius 1 is 1.43 bits per heavy atom. The summed E-state index contributed by atoms with van der Waals surface area (Å²) in [6.07, 6.45) is 4.71. The van der Waals surface area contributed by atoms with Gasteiger partial charge in [-0.15, -0.1) is 35.3 Å². The summed E-state index contributed by atoms with van der Waals surface area (Å²) in [5.74, 6) is 1.61. The van der Waals surface area contributed by atoms with Crippen LogP contribution in [0.15, 0.2) is 11.2 Å². The summed E-state index contributed by atoms with van der Waals surface area (Å²) in [6.45, 7) is 10.5. The Balaban J connectivity index is 0.00000192. The molecule has 1 saturated heterocycles. The van der Waals surface area contributed by atoms with E-state index in [0.717, 1.165) is 30.1 Å². The van der Waals surface area contributed by atoms with Gasteiger partial charge in [0, 0.05) is 42.8 Å². The van der Waals surface area contributed by atoms with Crippen LogP contribution in [-0.2, 0) is 6.54 Å². The van der Waals surface area contributed by atoms with E-state index >= 15 is 0 Å². The minimum atomic E-state index is 0. The molecule has 2 aliphatic rings. The van der Waals surface area contributed by atoms with Crippen LogP contribution in [0.5, 0.6) is 0 Å². The number of rotatable bonds is 5. The molecule has 2 unspecified atom stereocenters. The fourth-order valence-corrected chi connectivity index (χ4v) is 3.78. The van der Waals surface area contributed by atoms with Crippen molar-refractivity contribution in [2.24, 2.45) is 10.9 Å². The summed E-state index contributed by atoms with van der Waals surface area (Å²) < 4.78 is 0. The molecule has 1 aliphatic carbocycles. The second kappa shape index (κ2) is 8.62. The number of likely N-dealkylation sites (tertiary alicyclic amines) is 1. The van der Waals surface area contributed by atoms with Gasteiger partial charge in [-0.2, -0.15) is 0 Å². The number of aliphatic imine (C=N–C) groups is 1. The van der Waals surface area contributed by atoms with E-state index in [-0.39, 0.29) is 24.0 Å². The van der Waals surface area contributed by atoms with E-state index in [2.05, 4.69) is 34.4 Å². The third-order valence-electron chi connectivity index (χ3n) is 4.43. The molecule has 0 spiro atoms. The summed E-state index contributed by atoms with van der Waals surface area (Å²) >= 11 is 1.72. The first-order chi connectivity index (χ1) is 10.7. The first kappa shape index (κ1) is 18.9. The van der Waals surface area contributed by atoms with E-state index in [9.17, 15) is 0 Å². The highest BCUT2D eigenvalue weighted by atomic mass is 127. The summed E-state index contributed by atoms with van der Waals surface area (Å²) in [7, 11) is 0. The first-order valence-electron chi connectivity index (χ1n) is 8.36. The number of nitrogens with zero attached hydrogens (tertiary/aromatic N) is 3. The van der Waals surface area contributed by atoms with E-state index in [1.807, 2.05) is 13.1 Å². The largest absolute Gasteiger partial charge is 0.357 e. The van der Waals surface area contributed by atoms with Gasteiger partial charge in [-0.25, -0.2) is 9.98 Å². The molecule has 5 nitrogen and oxygen atoms in total.